The molecule has 24 heavy (non-hydrogen) atoms. The second-order valence-electron chi connectivity index (χ2n) is 5.08. The molecule has 1 unspecified atom stereocenters. The Morgan fingerprint density at radius 2 is 2.12 bits per heavy atom. The van der Waals surface area contributed by atoms with E-state index >= 15 is 0 Å². The van der Waals surface area contributed by atoms with Gasteiger partial charge in [0.2, 0.25) is 6.10 Å². The number of nitrogens with zero attached hydrogens (tertiary/aromatic N) is 2. The largest absolute Gasteiger partial charge is 0.382 e. The molecule has 0 saturated heterocycles. The predicted octanol–water partition coefficient (Wildman–Crippen LogP) is 3.12. The molecule has 1 aliphatic heterocycles. The van der Waals surface area contributed by atoms with E-state index in [1.54, 1.807) is 18.2 Å². The SMILES string of the molecule is O=C(NCc1ccc([N+](=O)[O-])cc1)C1CC(c2ccc(Cl)s2)=NO1. The van der Waals surface area contributed by atoms with E-state index in [2.05, 4.69) is 10.5 Å². The number of nitro benzene ring substituents is 1. The summed E-state index contributed by atoms with van der Waals surface area (Å²) in [5.74, 6) is -0.283. The van der Waals surface area contributed by atoms with Gasteiger partial charge in [0.1, 0.15) is 5.71 Å². The second-order valence-corrected chi connectivity index (χ2v) is 6.80. The first-order valence-corrected chi connectivity index (χ1v) is 8.22. The Balaban J connectivity index is 1.52. The molecule has 124 valence electrons. The molecule has 1 aliphatic rings. The van der Waals surface area contributed by atoms with Crippen molar-refractivity contribution in [2.45, 2.75) is 19.1 Å². The molecule has 1 N–H and O–H groups in total. The van der Waals surface area contributed by atoms with Crippen LogP contribution in [0.5, 0.6) is 0 Å². The van der Waals surface area contributed by atoms with Gasteiger partial charge in [0.15, 0.2) is 0 Å². The summed E-state index contributed by atoms with van der Waals surface area (Å²) < 4.78 is 0.652. The molecular formula is C15H12ClN3O4S. The molecule has 1 aromatic heterocycles. The first-order valence-electron chi connectivity index (χ1n) is 7.02. The molecule has 3 rings (SSSR count). The van der Waals surface area contributed by atoms with Crippen molar-refractivity contribution in [2.75, 3.05) is 0 Å². The lowest BCUT2D eigenvalue weighted by molar-refractivity contribution is -0.384. The van der Waals surface area contributed by atoms with Crippen molar-refractivity contribution in [2.24, 2.45) is 5.16 Å². The zero-order valence-electron chi connectivity index (χ0n) is 12.3. The monoisotopic (exact) mass is 365 g/mol. The maximum absolute atomic E-state index is 12.1. The van der Waals surface area contributed by atoms with E-state index in [1.807, 2.05) is 6.07 Å². The van der Waals surface area contributed by atoms with Gasteiger partial charge in [-0.15, -0.1) is 11.3 Å². The number of hydrogen-bond donors (Lipinski definition) is 1. The summed E-state index contributed by atoms with van der Waals surface area (Å²) in [6.45, 7) is 0.261. The molecule has 0 radical (unpaired) electrons. The topological polar surface area (TPSA) is 93.8 Å². The third kappa shape index (κ3) is 3.72. The van der Waals surface area contributed by atoms with Gasteiger partial charge in [-0.1, -0.05) is 28.9 Å². The molecule has 7 nitrogen and oxygen atoms in total. The normalized spacial score (nSPS) is 16.4. The summed E-state index contributed by atoms with van der Waals surface area (Å²) in [7, 11) is 0. The molecule has 0 spiro atoms. The Kier molecular flexibility index (Phi) is 4.77. The molecular weight excluding hydrogens is 354 g/mol. The summed E-state index contributed by atoms with van der Waals surface area (Å²) in [5.41, 5.74) is 1.47. The minimum Gasteiger partial charge on any atom is -0.382 e. The van der Waals surface area contributed by atoms with Gasteiger partial charge in [-0.25, -0.2) is 0 Å². The summed E-state index contributed by atoms with van der Waals surface area (Å²) in [5, 5.41) is 17.3. The minimum absolute atomic E-state index is 0.0110. The number of carbonyl (C=O) groups is 1. The third-order valence-electron chi connectivity index (χ3n) is 3.43. The van der Waals surface area contributed by atoms with Gasteiger partial charge >= 0.3 is 0 Å². The smallest absolute Gasteiger partial charge is 0.269 e. The fourth-order valence-electron chi connectivity index (χ4n) is 2.17. The quantitative estimate of drug-likeness (QED) is 0.650. The van der Waals surface area contributed by atoms with Crippen LogP contribution in [-0.4, -0.2) is 22.6 Å². The van der Waals surface area contributed by atoms with Crippen molar-refractivity contribution >= 4 is 40.2 Å². The Labute approximate surface area is 146 Å². The minimum atomic E-state index is -0.682. The number of carbonyl (C=O) groups excluding carboxylic acids is 1. The van der Waals surface area contributed by atoms with Crippen LogP contribution in [0.4, 0.5) is 5.69 Å². The fraction of sp³-hybridized carbons (Fsp3) is 0.200. The molecule has 9 heteroatoms. The zero-order chi connectivity index (χ0) is 17.1. The average Bonchev–Trinajstić information content (AvgIpc) is 3.22. The Hall–Kier alpha value is -2.45. The van der Waals surface area contributed by atoms with Gasteiger partial charge in [-0.05, 0) is 17.7 Å². The number of benzene rings is 1. The maximum Gasteiger partial charge on any atom is 0.269 e. The van der Waals surface area contributed by atoms with Gasteiger partial charge in [-0.2, -0.15) is 0 Å². The Bertz CT molecular complexity index is 803. The van der Waals surface area contributed by atoms with Crippen LogP contribution in [-0.2, 0) is 16.2 Å². The van der Waals surface area contributed by atoms with Gasteiger partial charge in [-0.3, -0.25) is 14.9 Å². The standard InChI is InChI=1S/C15H12ClN3O4S/c16-14-6-5-13(24-14)11-7-12(23-18-11)15(20)17-8-9-1-3-10(4-2-9)19(21)22/h1-6,12H,7-8H2,(H,17,20). The van der Waals surface area contributed by atoms with Crippen molar-refractivity contribution < 1.29 is 14.6 Å². The molecule has 1 amide bonds. The van der Waals surface area contributed by atoms with Crippen LogP contribution in [0.15, 0.2) is 41.6 Å². The lowest BCUT2D eigenvalue weighted by Crippen LogP contribution is -2.34. The Morgan fingerprint density at radius 1 is 1.38 bits per heavy atom. The molecule has 1 aromatic carbocycles. The van der Waals surface area contributed by atoms with E-state index in [9.17, 15) is 14.9 Å². The molecule has 0 aliphatic carbocycles. The number of amides is 1. The van der Waals surface area contributed by atoms with Crippen LogP contribution in [0.2, 0.25) is 4.34 Å². The molecule has 0 bridgehead atoms. The lowest BCUT2D eigenvalue weighted by atomic mass is 10.1. The van der Waals surface area contributed by atoms with Gasteiger partial charge in [0, 0.05) is 25.1 Å². The van der Waals surface area contributed by atoms with Crippen molar-refractivity contribution in [1.82, 2.24) is 5.32 Å². The highest BCUT2D eigenvalue weighted by molar-refractivity contribution is 7.18. The number of hydrogen-bond acceptors (Lipinski definition) is 6. The predicted molar refractivity (Wildman–Crippen MR) is 90.3 cm³/mol. The molecule has 1 atom stereocenters. The van der Waals surface area contributed by atoms with Crippen LogP contribution in [0.25, 0.3) is 0 Å². The average molecular weight is 366 g/mol. The number of oxime groups is 1. The number of halogens is 1. The summed E-state index contributed by atoms with van der Waals surface area (Å²) >= 11 is 7.27. The van der Waals surface area contributed by atoms with E-state index in [-0.39, 0.29) is 18.1 Å². The number of rotatable bonds is 5. The lowest BCUT2D eigenvalue weighted by Gasteiger charge is -2.09. The molecule has 0 fully saturated rings. The highest BCUT2D eigenvalue weighted by Gasteiger charge is 2.29. The van der Waals surface area contributed by atoms with E-state index < -0.39 is 11.0 Å². The van der Waals surface area contributed by atoms with Crippen molar-refractivity contribution in [3.63, 3.8) is 0 Å². The van der Waals surface area contributed by atoms with Crippen molar-refractivity contribution in [3.05, 3.63) is 61.3 Å². The highest BCUT2D eigenvalue weighted by Crippen LogP contribution is 2.26. The Morgan fingerprint density at radius 3 is 2.75 bits per heavy atom. The zero-order valence-corrected chi connectivity index (χ0v) is 13.8. The second kappa shape index (κ2) is 6.98. The first-order chi connectivity index (χ1) is 11.5. The van der Waals surface area contributed by atoms with E-state index in [0.717, 1.165) is 10.4 Å². The van der Waals surface area contributed by atoms with E-state index in [1.165, 1.54) is 23.5 Å². The summed E-state index contributed by atoms with van der Waals surface area (Å²) in [6.07, 6.45) is -0.304. The summed E-state index contributed by atoms with van der Waals surface area (Å²) in [4.78, 5) is 28.3. The van der Waals surface area contributed by atoms with Crippen LogP contribution in [0.3, 0.4) is 0 Å². The van der Waals surface area contributed by atoms with Crippen molar-refractivity contribution in [3.8, 4) is 0 Å². The molecule has 0 saturated carbocycles. The van der Waals surface area contributed by atoms with Gasteiger partial charge < -0.3 is 10.2 Å². The highest BCUT2D eigenvalue weighted by atomic mass is 35.5. The number of nitrogens with one attached hydrogen (secondary N) is 1. The van der Waals surface area contributed by atoms with Crippen LogP contribution < -0.4 is 5.32 Å². The summed E-state index contributed by atoms with van der Waals surface area (Å²) in [6, 6.07) is 9.61. The fourth-order valence-corrected chi connectivity index (χ4v) is 3.20. The van der Waals surface area contributed by atoms with E-state index in [0.29, 0.717) is 16.5 Å². The number of nitro groups is 1. The molecule has 2 aromatic rings. The number of thiophene rings is 1. The van der Waals surface area contributed by atoms with Crippen LogP contribution in [0, 0.1) is 10.1 Å². The maximum atomic E-state index is 12.1. The van der Waals surface area contributed by atoms with Gasteiger partial charge in [0.25, 0.3) is 11.6 Å². The third-order valence-corrected chi connectivity index (χ3v) is 4.71. The van der Waals surface area contributed by atoms with Gasteiger partial charge in [0.05, 0.1) is 14.1 Å². The van der Waals surface area contributed by atoms with Crippen LogP contribution in [0.1, 0.15) is 16.9 Å². The first kappa shape index (κ1) is 16.4. The van der Waals surface area contributed by atoms with Crippen LogP contribution >= 0.6 is 22.9 Å². The molecule has 2 heterocycles. The van der Waals surface area contributed by atoms with E-state index in [4.69, 9.17) is 16.4 Å². The van der Waals surface area contributed by atoms with Crippen molar-refractivity contribution in [1.29, 1.82) is 0 Å². The number of non-ortho nitro benzene ring substituents is 1.